The van der Waals surface area contributed by atoms with Crippen LogP contribution >= 0.6 is 0 Å². The lowest BCUT2D eigenvalue weighted by atomic mass is 10.2. The number of halogens is 1. The predicted octanol–water partition coefficient (Wildman–Crippen LogP) is 2.56. The summed E-state index contributed by atoms with van der Waals surface area (Å²) in [6.45, 7) is 0. The molecule has 0 fully saturated rings. The minimum absolute atomic E-state index is 0.161. The van der Waals surface area contributed by atoms with Gasteiger partial charge in [-0.05, 0) is 24.3 Å². The van der Waals surface area contributed by atoms with Gasteiger partial charge in [0.2, 0.25) is 5.75 Å². The minimum atomic E-state index is -0.781. The number of carbonyl (C=O) groups excluding carboxylic acids is 1. The van der Waals surface area contributed by atoms with Crippen LogP contribution in [0.2, 0.25) is 0 Å². The van der Waals surface area contributed by atoms with Crippen LogP contribution in [-0.2, 0) is 4.89 Å². The number of hydrogen-bond donors (Lipinski definition) is 1. The topological polar surface area (TPSA) is 61.6 Å². The van der Waals surface area contributed by atoms with Gasteiger partial charge in [0, 0.05) is 5.69 Å². The Morgan fingerprint density at radius 3 is 2.44 bits per heavy atom. The third-order valence-corrected chi connectivity index (χ3v) is 2.22. The molecule has 2 rings (SSSR count). The van der Waals surface area contributed by atoms with E-state index in [2.05, 4.69) is 9.78 Å². The van der Waals surface area contributed by atoms with E-state index in [4.69, 9.17) is 5.73 Å². The molecule has 0 aliphatic carbocycles. The van der Waals surface area contributed by atoms with Crippen LogP contribution in [0.1, 0.15) is 10.4 Å². The van der Waals surface area contributed by atoms with Crippen LogP contribution < -0.4 is 10.6 Å². The molecule has 92 valence electrons. The molecule has 2 N–H and O–H groups in total. The SMILES string of the molecule is Nc1ccccc1C(=O)OOc1ccccc1F. The Balaban J connectivity index is 2.06. The van der Waals surface area contributed by atoms with Gasteiger partial charge in [-0.25, -0.2) is 14.1 Å². The molecule has 0 amide bonds. The van der Waals surface area contributed by atoms with Gasteiger partial charge in [-0.15, -0.1) is 0 Å². The highest BCUT2D eigenvalue weighted by Gasteiger charge is 2.13. The van der Waals surface area contributed by atoms with E-state index >= 15 is 0 Å². The van der Waals surface area contributed by atoms with Crippen molar-refractivity contribution in [2.24, 2.45) is 0 Å². The standard InChI is InChI=1S/C13H10FNO3/c14-10-6-2-4-8-12(10)17-18-13(16)9-5-1-3-7-11(9)15/h1-8H,15H2. The van der Waals surface area contributed by atoms with Crippen molar-refractivity contribution >= 4 is 11.7 Å². The molecule has 0 aromatic heterocycles. The van der Waals surface area contributed by atoms with Crippen molar-refractivity contribution in [2.75, 3.05) is 5.73 Å². The van der Waals surface area contributed by atoms with Gasteiger partial charge in [-0.3, -0.25) is 4.89 Å². The molecule has 0 heterocycles. The molecule has 0 aliphatic rings. The maximum absolute atomic E-state index is 13.2. The largest absolute Gasteiger partial charge is 0.398 e. The summed E-state index contributed by atoms with van der Waals surface area (Å²) >= 11 is 0. The lowest BCUT2D eigenvalue weighted by Gasteiger charge is -2.06. The van der Waals surface area contributed by atoms with Crippen LogP contribution in [-0.4, -0.2) is 5.97 Å². The molecule has 2 aromatic rings. The van der Waals surface area contributed by atoms with E-state index in [0.717, 1.165) is 0 Å². The summed E-state index contributed by atoms with van der Waals surface area (Å²) < 4.78 is 13.2. The van der Waals surface area contributed by atoms with Gasteiger partial charge in [0.15, 0.2) is 5.82 Å². The Hall–Kier alpha value is -2.56. The molecule has 0 bridgehead atoms. The molecule has 4 nitrogen and oxygen atoms in total. The summed E-state index contributed by atoms with van der Waals surface area (Å²) in [6.07, 6.45) is 0. The first-order chi connectivity index (χ1) is 8.68. The first kappa shape index (κ1) is 11.9. The Morgan fingerprint density at radius 1 is 1.06 bits per heavy atom. The molecule has 0 unspecified atom stereocenters. The van der Waals surface area contributed by atoms with Crippen molar-refractivity contribution in [1.82, 2.24) is 0 Å². The lowest BCUT2D eigenvalue weighted by Crippen LogP contribution is -2.11. The summed E-state index contributed by atoms with van der Waals surface area (Å²) in [4.78, 5) is 20.7. The second-order valence-corrected chi connectivity index (χ2v) is 3.47. The zero-order valence-corrected chi connectivity index (χ0v) is 9.30. The van der Waals surface area contributed by atoms with Gasteiger partial charge in [0.05, 0.1) is 5.56 Å². The highest BCUT2D eigenvalue weighted by atomic mass is 19.1. The van der Waals surface area contributed by atoms with Crippen molar-refractivity contribution in [2.45, 2.75) is 0 Å². The van der Waals surface area contributed by atoms with Crippen LogP contribution in [0, 0.1) is 5.82 Å². The first-order valence-corrected chi connectivity index (χ1v) is 5.16. The van der Waals surface area contributed by atoms with Gasteiger partial charge >= 0.3 is 5.97 Å². The fraction of sp³-hybridized carbons (Fsp3) is 0. The molecular weight excluding hydrogens is 237 g/mol. The Kier molecular flexibility index (Phi) is 3.43. The zero-order valence-electron chi connectivity index (χ0n) is 9.30. The summed E-state index contributed by atoms with van der Waals surface area (Å²) in [5.41, 5.74) is 6.01. The Labute approximate surface area is 103 Å². The normalized spacial score (nSPS) is 9.83. The molecule has 0 radical (unpaired) electrons. The fourth-order valence-corrected chi connectivity index (χ4v) is 1.32. The maximum atomic E-state index is 13.2. The molecule has 5 heteroatoms. The van der Waals surface area contributed by atoms with Gasteiger partial charge in [0.25, 0.3) is 0 Å². The zero-order chi connectivity index (χ0) is 13.0. The van der Waals surface area contributed by atoms with Crippen LogP contribution in [0.15, 0.2) is 48.5 Å². The third kappa shape index (κ3) is 2.57. The van der Waals surface area contributed by atoms with Gasteiger partial charge < -0.3 is 5.73 Å². The van der Waals surface area contributed by atoms with E-state index in [1.165, 1.54) is 24.3 Å². The second kappa shape index (κ2) is 5.18. The average molecular weight is 247 g/mol. The summed E-state index contributed by atoms with van der Waals surface area (Å²) in [5.74, 6) is -1.57. The van der Waals surface area contributed by atoms with Crippen LogP contribution in [0.4, 0.5) is 10.1 Å². The minimum Gasteiger partial charge on any atom is -0.398 e. The second-order valence-electron chi connectivity index (χ2n) is 3.47. The monoisotopic (exact) mass is 247 g/mol. The molecule has 0 atom stereocenters. The Bertz CT molecular complexity index is 572. The molecule has 0 saturated heterocycles. The van der Waals surface area contributed by atoms with Crippen LogP contribution in [0.5, 0.6) is 5.75 Å². The van der Waals surface area contributed by atoms with E-state index in [9.17, 15) is 9.18 Å². The highest BCUT2D eigenvalue weighted by molar-refractivity contribution is 5.94. The molecule has 0 saturated carbocycles. The van der Waals surface area contributed by atoms with Crippen molar-refractivity contribution in [1.29, 1.82) is 0 Å². The molecule has 0 spiro atoms. The molecule has 0 aliphatic heterocycles. The smallest absolute Gasteiger partial charge is 0.388 e. The van der Waals surface area contributed by atoms with Gasteiger partial charge in [-0.1, -0.05) is 24.3 Å². The summed E-state index contributed by atoms with van der Waals surface area (Å²) in [5, 5.41) is 0. The molecule has 2 aromatic carbocycles. The fourth-order valence-electron chi connectivity index (χ4n) is 1.32. The number of anilines is 1. The van der Waals surface area contributed by atoms with E-state index in [1.807, 2.05) is 0 Å². The lowest BCUT2D eigenvalue weighted by molar-refractivity contribution is -0.151. The number of para-hydroxylation sites is 2. The van der Waals surface area contributed by atoms with Crippen molar-refractivity contribution < 1.29 is 19.0 Å². The van der Waals surface area contributed by atoms with Crippen LogP contribution in [0.25, 0.3) is 0 Å². The number of carbonyl (C=O) groups is 1. The third-order valence-electron chi connectivity index (χ3n) is 2.22. The maximum Gasteiger partial charge on any atom is 0.388 e. The number of nitrogens with two attached hydrogens (primary N) is 1. The number of rotatable bonds is 3. The molecule has 18 heavy (non-hydrogen) atoms. The average Bonchev–Trinajstić information content (AvgIpc) is 2.38. The Morgan fingerprint density at radius 2 is 1.72 bits per heavy atom. The van der Waals surface area contributed by atoms with E-state index in [-0.39, 0.29) is 17.0 Å². The predicted molar refractivity (Wildman–Crippen MR) is 63.3 cm³/mol. The van der Waals surface area contributed by atoms with Crippen molar-refractivity contribution in [3.05, 3.63) is 59.9 Å². The number of nitrogen functional groups attached to an aromatic ring is 1. The number of hydrogen-bond acceptors (Lipinski definition) is 4. The highest BCUT2D eigenvalue weighted by Crippen LogP contribution is 2.17. The summed E-state index contributed by atoms with van der Waals surface area (Å²) in [6, 6.07) is 12.0. The van der Waals surface area contributed by atoms with E-state index < -0.39 is 11.8 Å². The first-order valence-electron chi connectivity index (χ1n) is 5.16. The van der Waals surface area contributed by atoms with Crippen molar-refractivity contribution in [3.63, 3.8) is 0 Å². The molecular formula is C13H10FNO3. The number of benzene rings is 2. The van der Waals surface area contributed by atoms with Crippen LogP contribution in [0.3, 0.4) is 0 Å². The van der Waals surface area contributed by atoms with E-state index in [0.29, 0.717) is 0 Å². The van der Waals surface area contributed by atoms with Crippen molar-refractivity contribution in [3.8, 4) is 5.75 Å². The van der Waals surface area contributed by atoms with Gasteiger partial charge in [0.1, 0.15) is 0 Å². The summed E-state index contributed by atoms with van der Waals surface area (Å²) in [7, 11) is 0. The quantitative estimate of drug-likeness (QED) is 0.514. The van der Waals surface area contributed by atoms with Gasteiger partial charge in [-0.2, -0.15) is 0 Å². The van der Waals surface area contributed by atoms with E-state index in [1.54, 1.807) is 24.3 Å².